The first kappa shape index (κ1) is 29.9. The molecule has 1 atom stereocenters. The van der Waals surface area contributed by atoms with E-state index in [4.69, 9.17) is 15.7 Å². The molecular formula is C30H46N8O2. The lowest BCUT2D eigenvalue weighted by molar-refractivity contribution is -0.120. The second kappa shape index (κ2) is 15.0. The van der Waals surface area contributed by atoms with Crippen LogP contribution >= 0.6 is 0 Å². The van der Waals surface area contributed by atoms with Crippen molar-refractivity contribution in [2.24, 2.45) is 5.73 Å². The fourth-order valence-corrected chi connectivity index (χ4v) is 5.41. The van der Waals surface area contributed by atoms with E-state index in [1.807, 2.05) is 24.1 Å². The van der Waals surface area contributed by atoms with Gasteiger partial charge in [-0.3, -0.25) is 14.6 Å². The second-order valence-electron chi connectivity index (χ2n) is 11.3. The fraction of sp³-hybridized carbons (Fsp3) is 0.633. The molecular weight excluding hydrogens is 504 g/mol. The Balaban J connectivity index is 1.45. The van der Waals surface area contributed by atoms with E-state index in [0.29, 0.717) is 42.2 Å². The standard InChI is InChI=1S/C30H46N8O2/c1-37-18-14-23(15-19-37)38(2)30(40)22-12-13-25(34-20-22)28-29-33-17-9-7-10-24(31)26(39)11-6-4-3-5-8-16-32-27(36-29)21-35-28/h12-13,20-21,23-24H,3-11,14-19,31H2,1-2H3,(H2,32,33,36)/t24-/m1/s1. The predicted molar refractivity (Wildman–Crippen MR) is 159 cm³/mol. The topological polar surface area (TPSA) is 129 Å². The number of Topliss-reactive ketones (excluding diaryl/α,β-unsaturated/α-hetero) is 1. The Bertz CT molecular complexity index is 1100. The number of nitrogens with two attached hydrogens (primary N) is 1. The summed E-state index contributed by atoms with van der Waals surface area (Å²) in [6.07, 6.45) is 13.6. The highest BCUT2D eigenvalue weighted by Crippen LogP contribution is 2.25. The molecule has 10 nitrogen and oxygen atoms in total. The van der Waals surface area contributed by atoms with Crippen molar-refractivity contribution in [2.75, 3.05) is 50.9 Å². The zero-order valence-electron chi connectivity index (χ0n) is 24.2. The van der Waals surface area contributed by atoms with Crippen LogP contribution in [0.1, 0.15) is 81.0 Å². The summed E-state index contributed by atoms with van der Waals surface area (Å²) in [6, 6.07) is 3.56. The van der Waals surface area contributed by atoms with E-state index in [9.17, 15) is 9.59 Å². The highest BCUT2D eigenvalue weighted by atomic mass is 16.2. The van der Waals surface area contributed by atoms with Gasteiger partial charge in [0.15, 0.2) is 5.82 Å². The minimum absolute atomic E-state index is 0.00562. The molecule has 4 heterocycles. The molecule has 1 amide bonds. The molecule has 0 spiro atoms. The Labute approximate surface area is 238 Å². The molecule has 0 saturated carbocycles. The van der Waals surface area contributed by atoms with E-state index in [1.165, 1.54) is 0 Å². The van der Waals surface area contributed by atoms with Crippen molar-refractivity contribution in [3.8, 4) is 11.4 Å². The van der Waals surface area contributed by atoms with Crippen LogP contribution in [0.5, 0.6) is 0 Å². The van der Waals surface area contributed by atoms with Crippen molar-refractivity contribution < 1.29 is 9.59 Å². The summed E-state index contributed by atoms with van der Waals surface area (Å²) in [5, 5.41) is 6.82. The Hall–Kier alpha value is -3.11. The summed E-state index contributed by atoms with van der Waals surface area (Å²) in [7, 11) is 4.01. The number of carbonyl (C=O) groups excluding carboxylic acids is 2. The van der Waals surface area contributed by atoms with Gasteiger partial charge < -0.3 is 26.2 Å². The molecule has 2 aromatic heterocycles. The first-order valence-corrected chi connectivity index (χ1v) is 15.0. The molecule has 0 radical (unpaired) electrons. The number of likely N-dealkylation sites (tertiary alicyclic amines) is 1. The smallest absolute Gasteiger partial charge is 0.255 e. The van der Waals surface area contributed by atoms with Crippen LogP contribution in [-0.2, 0) is 4.79 Å². The van der Waals surface area contributed by atoms with Crippen LogP contribution in [0.2, 0.25) is 0 Å². The summed E-state index contributed by atoms with van der Waals surface area (Å²) < 4.78 is 0. The normalized spacial score (nSPS) is 21.0. The Morgan fingerprint density at radius 1 is 0.950 bits per heavy atom. The molecule has 0 unspecified atom stereocenters. The molecule has 1 fully saturated rings. The predicted octanol–water partition coefficient (Wildman–Crippen LogP) is 3.95. The molecule has 2 aliphatic heterocycles. The lowest BCUT2D eigenvalue weighted by Crippen LogP contribution is -2.44. The number of nitrogens with zero attached hydrogens (tertiary/aromatic N) is 5. The molecule has 1 saturated heterocycles. The van der Waals surface area contributed by atoms with Gasteiger partial charge in [-0.2, -0.15) is 0 Å². The third-order valence-corrected chi connectivity index (χ3v) is 8.14. The third-order valence-electron chi connectivity index (χ3n) is 8.14. The molecule has 2 aromatic rings. The van der Waals surface area contributed by atoms with Crippen molar-refractivity contribution in [1.82, 2.24) is 24.8 Å². The van der Waals surface area contributed by atoms with Crippen LogP contribution in [0.4, 0.5) is 11.6 Å². The van der Waals surface area contributed by atoms with E-state index < -0.39 is 0 Å². The van der Waals surface area contributed by atoms with Gasteiger partial charge in [0.2, 0.25) is 0 Å². The van der Waals surface area contributed by atoms with Crippen molar-refractivity contribution in [1.29, 1.82) is 0 Å². The van der Waals surface area contributed by atoms with Gasteiger partial charge in [0.1, 0.15) is 17.3 Å². The van der Waals surface area contributed by atoms with E-state index >= 15 is 0 Å². The number of fused-ring (bicyclic) bond motifs is 2. The third kappa shape index (κ3) is 8.44. The van der Waals surface area contributed by atoms with Crippen molar-refractivity contribution in [3.05, 3.63) is 30.1 Å². The molecule has 40 heavy (non-hydrogen) atoms. The van der Waals surface area contributed by atoms with Crippen LogP contribution in [0, 0.1) is 0 Å². The molecule has 0 aliphatic carbocycles. The molecule has 4 rings (SSSR count). The SMILES string of the molecule is CN1CCC(N(C)C(=O)c2ccc(-c3ncc4nc3NCCCC[C@@H](N)C(=O)CCCCCCCN4)nc2)CC1. The van der Waals surface area contributed by atoms with Crippen LogP contribution < -0.4 is 16.4 Å². The number of anilines is 2. The zero-order valence-corrected chi connectivity index (χ0v) is 24.2. The number of hydrogen-bond donors (Lipinski definition) is 3. The minimum atomic E-state index is -0.370. The highest BCUT2D eigenvalue weighted by molar-refractivity contribution is 5.94. The van der Waals surface area contributed by atoms with Gasteiger partial charge in [-0.1, -0.05) is 19.3 Å². The number of rotatable bonds is 3. The monoisotopic (exact) mass is 550 g/mol. The molecule has 218 valence electrons. The van der Waals surface area contributed by atoms with E-state index in [-0.39, 0.29) is 23.8 Å². The maximum atomic E-state index is 13.1. The van der Waals surface area contributed by atoms with Crippen molar-refractivity contribution >= 4 is 23.3 Å². The summed E-state index contributed by atoms with van der Waals surface area (Å²) in [5.74, 6) is 1.56. The van der Waals surface area contributed by atoms with Gasteiger partial charge in [-0.15, -0.1) is 0 Å². The zero-order chi connectivity index (χ0) is 28.3. The number of carbonyl (C=O) groups is 2. The van der Waals surface area contributed by atoms with E-state index in [1.54, 1.807) is 12.4 Å². The van der Waals surface area contributed by atoms with Gasteiger partial charge in [0.05, 0.1) is 23.5 Å². The van der Waals surface area contributed by atoms with Crippen LogP contribution in [-0.4, -0.2) is 88.8 Å². The highest BCUT2D eigenvalue weighted by Gasteiger charge is 2.25. The first-order valence-electron chi connectivity index (χ1n) is 15.0. The minimum Gasteiger partial charge on any atom is -0.369 e. The Kier molecular flexibility index (Phi) is 11.2. The van der Waals surface area contributed by atoms with Gasteiger partial charge in [-0.05, 0) is 77.2 Å². The summed E-state index contributed by atoms with van der Waals surface area (Å²) in [5.41, 5.74) is 8.03. The molecule has 10 heteroatoms. The number of nitrogens with one attached hydrogen (secondary N) is 2. The van der Waals surface area contributed by atoms with Gasteiger partial charge in [-0.25, -0.2) is 9.97 Å². The molecule has 4 N–H and O–H groups in total. The maximum Gasteiger partial charge on any atom is 0.255 e. The summed E-state index contributed by atoms with van der Waals surface area (Å²) in [4.78, 5) is 43.7. The average molecular weight is 551 g/mol. The summed E-state index contributed by atoms with van der Waals surface area (Å²) >= 11 is 0. The summed E-state index contributed by atoms with van der Waals surface area (Å²) in [6.45, 7) is 3.51. The number of pyridine rings is 1. The quantitative estimate of drug-likeness (QED) is 0.520. The Morgan fingerprint density at radius 3 is 2.45 bits per heavy atom. The average Bonchev–Trinajstić information content (AvgIpc) is 2.97. The van der Waals surface area contributed by atoms with Gasteiger partial charge >= 0.3 is 0 Å². The van der Waals surface area contributed by atoms with Gasteiger partial charge in [0.25, 0.3) is 5.91 Å². The van der Waals surface area contributed by atoms with Crippen LogP contribution in [0.15, 0.2) is 24.5 Å². The van der Waals surface area contributed by atoms with E-state index in [2.05, 4.69) is 27.6 Å². The van der Waals surface area contributed by atoms with Gasteiger partial charge in [0, 0.05) is 38.8 Å². The van der Waals surface area contributed by atoms with Crippen LogP contribution in [0.3, 0.4) is 0 Å². The van der Waals surface area contributed by atoms with Crippen molar-refractivity contribution in [2.45, 2.75) is 82.7 Å². The molecule has 2 bridgehead atoms. The fourth-order valence-electron chi connectivity index (χ4n) is 5.41. The largest absolute Gasteiger partial charge is 0.369 e. The number of amides is 1. The maximum absolute atomic E-state index is 13.1. The lowest BCUT2D eigenvalue weighted by Gasteiger charge is -2.35. The molecule has 0 aromatic carbocycles. The number of aromatic nitrogens is 3. The van der Waals surface area contributed by atoms with E-state index in [0.717, 1.165) is 83.2 Å². The number of piperidine rings is 1. The van der Waals surface area contributed by atoms with Crippen LogP contribution in [0.25, 0.3) is 11.4 Å². The first-order chi connectivity index (χ1) is 19.4. The number of hydrogen-bond acceptors (Lipinski definition) is 9. The second-order valence-corrected chi connectivity index (χ2v) is 11.3. The number of ketones is 1. The molecule has 2 aliphatic rings. The lowest BCUT2D eigenvalue weighted by atomic mass is 10.0. The van der Waals surface area contributed by atoms with Crippen molar-refractivity contribution in [3.63, 3.8) is 0 Å². The Morgan fingerprint density at radius 2 is 1.68 bits per heavy atom.